The van der Waals surface area contributed by atoms with Crippen LogP contribution >= 0.6 is 0 Å². The fourth-order valence-electron chi connectivity index (χ4n) is 2.97. The molecule has 0 atom stereocenters. The number of likely N-dealkylation sites (tertiary alicyclic amines) is 1. The Kier molecular flexibility index (Phi) is 7.69. The third-order valence-corrected chi connectivity index (χ3v) is 4.39. The molecule has 2 rings (SSSR count). The average molecular weight is 348 g/mol. The molecule has 1 aromatic rings. The van der Waals surface area contributed by atoms with Crippen molar-refractivity contribution in [2.24, 2.45) is 5.92 Å². The van der Waals surface area contributed by atoms with Gasteiger partial charge in [0.2, 0.25) is 0 Å². The molecule has 1 heterocycles. The minimum Gasteiger partial charge on any atom is -0.395 e. The van der Waals surface area contributed by atoms with E-state index in [0.29, 0.717) is 30.3 Å². The molecule has 0 radical (unpaired) electrons. The van der Waals surface area contributed by atoms with Gasteiger partial charge < -0.3 is 26.0 Å². The molecule has 3 amide bonds. The Morgan fingerprint density at radius 3 is 2.68 bits per heavy atom. The molecule has 0 unspecified atom stereocenters. The molecule has 7 heteroatoms. The Bertz CT molecular complexity index is 571. The number of aliphatic hydroxyl groups excluding tert-OH is 1. The number of piperidine rings is 1. The number of aliphatic hydroxyl groups is 1. The number of anilines is 1. The van der Waals surface area contributed by atoms with Gasteiger partial charge in [0.25, 0.3) is 5.91 Å². The molecule has 7 nitrogen and oxygen atoms in total. The van der Waals surface area contributed by atoms with Gasteiger partial charge in [-0.25, -0.2) is 4.79 Å². The van der Waals surface area contributed by atoms with Crippen LogP contribution in [0.15, 0.2) is 24.3 Å². The van der Waals surface area contributed by atoms with E-state index in [2.05, 4.69) is 20.9 Å². The topological polar surface area (TPSA) is 93.7 Å². The number of amides is 3. The molecule has 1 aliphatic rings. The summed E-state index contributed by atoms with van der Waals surface area (Å²) in [5.74, 6) is 0.309. The Morgan fingerprint density at radius 2 is 2.00 bits per heavy atom. The van der Waals surface area contributed by atoms with Crippen LogP contribution in [0.3, 0.4) is 0 Å². The van der Waals surface area contributed by atoms with E-state index in [1.54, 1.807) is 24.3 Å². The van der Waals surface area contributed by atoms with Gasteiger partial charge in [0, 0.05) is 30.9 Å². The molecule has 1 aromatic carbocycles. The molecule has 0 spiro atoms. The van der Waals surface area contributed by atoms with Gasteiger partial charge in [-0.05, 0) is 57.0 Å². The first-order valence-electron chi connectivity index (χ1n) is 8.88. The van der Waals surface area contributed by atoms with Gasteiger partial charge in [0.1, 0.15) is 0 Å². The fraction of sp³-hybridized carbons (Fsp3) is 0.556. The fourth-order valence-corrected chi connectivity index (χ4v) is 2.97. The molecule has 25 heavy (non-hydrogen) atoms. The lowest BCUT2D eigenvalue weighted by atomic mass is 9.97. The van der Waals surface area contributed by atoms with E-state index in [9.17, 15) is 9.59 Å². The van der Waals surface area contributed by atoms with Crippen molar-refractivity contribution in [3.8, 4) is 0 Å². The molecule has 138 valence electrons. The molecular weight excluding hydrogens is 320 g/mol. The predicted molar refractivity (Wildman–Crippen MR) is 97.7 cm³/mol. The maximum absolute atomic E-state index is 12.1. The maximum Gasteiger partial charge on any atom is 0.319 e. The van der Waals surface area contributed by atoms with Crippen molar-refractivity contribution in [3.63, 3.8) is 0 Å². The summed E-state index contributed by atoms with van der Waals surface area (Å²) in [6.45, 7) is 5.90. The molecule has 1 saturated heterocycles. The predicted octanol–water partition coefficient (Wildman–Crippen LogP) is 1.26. The lowest BCUT2D eigenvalue weighted by Gasteiger charge is -2.31. The highest BCUT2D eigenvalue weighted by atomic mass is 16.3. The maximum atomic E-state index is 12.1. The second kappa shape index (κ2) is 10.0. The van der Waals surface area contributed by atoms with E-state index in [1.807, 2.05) is 6.92 Å². The van der Waals surface area contributed by atoms with Crippen LogP contribution in [0.2, 0.25) is 0 Å². The summed E-state index contributed by atoms with van der Waals surface area (Å²) in [5, 5.41) is 17.4. The molecule has 1 fully saturated rings. The van der Waals surface area contributed by atoms with Crippen molar-refractivity contribution >= 4 is 17.6 Å². The lowest BCUT2D eigenvalue weighted by Crippen LogP contribution is -2.40. The van der Waals surface area contributed by atoms with Crippen LogP contribution in [0, 0.1) is 5.92 Å². The van der Waals surface area contributed by atoms with Crippen molar-refractivity contribution in [1.82, 2.24) is 15.5 Å². The van der Waals surface area contributed by atoms with Crippen LogP contribution in [0.4, 0.5) is 10.5 Å². The number of benzene rings is 1. The van der Waals surface area contributed by atoms with Crippen LogP contribution in [0.1, 0.15) is 30.1 Å². The Balaban J connectivity index is 1.75. The van der Waals surface area contributed by atoms with Crippen LogP contribution in [-0.4, -0.2) is 61.3 Å². The van der Waals surface area contributed by atoms with Crippen molar-refractivity contribution in [3.05, 3.63) is 29.8 Å². The lowest BCUT2D eigenvalue weighted by molar-refractivity contribution is 0.0956. The SMILES string of the molecule is CCNC(=O)c1cccc(NC(=O)NCC2CCN(CCO)CC2)c1. The summed E-state index contributed by atoms with van der Waals surface area (Å²) < 4.78 is 0. The highest BCUT2D eigenvalue weighted by molar-refractivity contribution is 5.96. The van der Waals surface area contributed by atoms with Crippen molar-refractivity contribution in [2.45, 2.75) is 19.8 Å². The highest BCUT2D eigenvalue weighted by Crippen LogP contribution is 2.16. The molecule has 0 bridgehead atoms. The summed E-state index contributed by atoms with van der Waals surface area (Å²) in [6, 6.07) is 6.63. The molecule has 0 aliphatic carbocycles. The third-order valence-electron chi connectivity index (χ3n) is 4.39. The van der Waals surface area contributed by atoms with Crippen molar-refractivity contribution in [1.29, 1.82) is 0 Å². The average Bonchev–Trinajstić information content (AvgIpc) is 2.62. The summed E-state index contributed by atoms with van der Waals surface area (Å²) in [7, 11) is 0. The van der Waals surface area contributed by atoms with E-state index < -0.39 is 0 Å². The van der Waals surface area contributed by atoms with E-state index >= 15 is 0 Å². The normalized spacial score (nSPS) is 15.6. The molecule has 1 aliphatic heterocycles. The van der Waals surface area contributed by atoms with Gasteiger partial charge in [0.05, 0.1) is 6.61 Å². The van der Waals surface area contributed by atoms with Crippen LogP contribution in [0.5, 0.6) is 0 Å². The van der Waals surface area contributed by atoms with Gasteiger partial charge in [-0.15, -0.1) is 0 Å². The second-order valence-electron chi connectivity index (χ2n) is 6.28. The number of carbonyl (C=O) groups is 2. The first-order valence-corrected chi connectivity index (χ1v) is 8.88. The Hall–Kier alpha value is -2.12. The number of β-amino-alcohol motifs (C(OH)–C–C–N with tert-alkyl or cyclic N) is 1. The largest absolute Gasteiger partial charge is 0.395 e. The number of hydrogen-bond donors (Lipinski definition) is 4. The standard InChI is InChI=1S/C18H28N4O3/c1-2-19-17(24)15-4-3-5-16(12-15)21-18(25)20-13-14-6-8-22(9-7-14)10-11-23/h3-5,12,14,23H,2,6-11,13H2,1H3,(H,19,24)(H2,20,21,25). The van der Waals surface area contributed by atoms with E-state index in [1.165, 1.54) is 0 Å². The van der Waals surface area contributed by atoms with E-state index in [4.69, 9.17) is 5.11 Å². The number of nitrogens with one attached hydrogen (secondary N) is 3. The Morgan fingerprint density at radius 1 is 1.24 bits per heavy atom. The summed E-state index contributed by atoms with van der Waals surface area (Å²) in [5.41, 5.74) is 1.12. The van der Waals surface area contributed by atoms with E-state index in [0.717, 1.165) is 32.5 Å². The number of urea groups is 1. The monoisotopic (exact) mass is 348 g/mol. The highest BCUT2D eigenvalue weighted by Gasteiger charge is 2.19. The molecular formula is C18H28N4O3. The van der Waals surface area contributed by atoms with Crippen LogP contribution in [0.25, 0.3) is 0 Å². The molecule has 0 saturated carbocycles. The smallest absolute Gasteiger partial charge is 0.319 e. The van der Waals surface area contributed by atoms with Crippen LogP contribution < -0.4 is 16.0 Å². The third kappa shape index (κ3) is 6.36. The van der Waals surface area contributed by atoms with Gasteiger partial charge >= 0.3 is 6.03 Å². The van der Waals surface area contributed by atoms with Gasteiger partial charge in [-0.1, -0.05) is 6.07 Å². The summed E-state index contributed by atoms with van der Waals surface area (Å²) in [6.07, 6.45) is 2.04. The van der Waals surface area contributed by atoms with Gasteiger partial charge in [-0.3, -0.25) is 4.79 Å². The minimum absolute atomic E-state index is 0.152. The minimum atomic E-state index is -0.258. The van der Waals surface area contributed by atoms with Crippen molar-refractivity contribution < 1.29 is 14.7 Å². The number of carbonyl (C=O) groups excluding carboxylic acids is 2. The zero-order valence-corrected chi connectivity index (χ0v) is 14.8. The molecule has 4 N–H and O–H groups in total. The first kappa shape index (κ1) is 19.2. The first-order chi connectivity index (χ1) is 12.1. The Labute approximate surface area is 148 Å². The number of nitrogens with zero attached hydrogens (tertiary/aromatic N) is 1. The van der Waals surface area contributed by atoms with Crippen LogP contribution in [-0.2, 0) is 0 Å². The van der Waals surface area contributed by atoms with E-state index in [-0.39, 0.29) is 18.5 Å². The number of hydrogen-bond acceptors (Lipinski definition) is 4. The van der Waals surface area contributed by atoms with Crippen molar-refractivity contribution in [2.75, 3.05) is 44.6 Å². The summed E-state index contributed by atoms with van der Waals surface area (Å²) in [4.78, 5) is 26.1. The quantitative estimate of drug-likeness (QED) is 0.597. The zero-order chi connectivity index (χ0) is 18.1. The number of rotatable bonds is 7. The van der Waals surface area contributed by atoms with Gasteiger partial charge in [-0.2, -0.15) is 0 Å². The summed E-state index contributed by atoms with van der Waals surface area (Å²) >= 11 is 0. The molecule has 0 aromatic heterocycles. The zero-order valence-electron chi connectivity index (χ0n) is 14.8. The second-order valence-corrected chi connectivity index (χ2v) is 6.28. The van der Waals surface area contributed by atoms with Gasteiger partial charge in [0.15, 0.2) is 0 Å².